The third-order valence-electron chi connectivity index (χ3n) is 3.05. The second-order valence-electron chi connectivity index (χ2n) is 6.13. The summed E-state index contributed by atoms with van der Waals surface area (Å²) in [4.78, 5) is 0. The number of hydrogen-bond acceptors (Lipinski definition) is 4. The molecule has 4 heteroatoms. The van der Waals surface area contributed by atoms with Gasteiger partial charge in [0, 0.05) is 18.5 Å². The number of ether oxygens (including phenoxy) is 2. The lowest BCUT2D eigenvalue weighted by Gasteiger charge is -2.29. The Labute approximate surface area is 127 Å². The van der Waals surface area contributed by atoms with Gasteiger partial charge in [-0.15, -0.1) is 0 Å². The van der Waals surface area contributed by atoms with E-state index in [1.807, 2.05) is 38.8 Å². The zero-order chi connectivity index (χ0) is 15.6. The van der Waals surface area contributed by atoms with E-state index < -0.39 is 0 Å². The molecule has 0 amide bonds. The number of hydrazone groups is 1. The summed E-state index contributed by atoms with van der Waals surface area (Å²) in [5, 5.41) is 6.35. The molecule has 4 nitrogen and oxygen atoms in total. The van der Waals surface area contributed by atoms with Crippen LogP contribution in [-0.2, 0) is 6.42 Å². The summed E-state index contributed by atoms with van der Waals surface area (Å²) in [6.45, 7) is 12.3. The molecule has 0 aliphatic carbocycles. The van der Waals surface area contributed by atoms with Crippen LogP contribution in [0, 0.1) is 0 Å². The predicted molar refractivity (Wildman–Crippen MR) is 86.7 cm³/mol. The first-order valence-electron chi connectivity index (χ1n) is 7.61. The van der Waals surface area contributed by atoms with Gasteiger partial charge in [-0.3, -0.25) is 5.01 Å². The van der Waals surface area contributed by atoms with E-state index in [9.17, 15) is 0 Å². The molecule has 1 aliphatic rings. The van der Waals surface area contributed by atoms with Crippen LogP contribution in [0.15, 0.2) is 17.2 Å². The van der Waals surface area contributed by atoms with Gasteiger partial charge in [0.15, 0.2) is 11.5 Å². The van der Waals surface area contributed by atoms with Crippen LogP contribution >= 0.6 is 0 Å². The molecular weight excluding hydrogens is 264 g/mol. The number of benzene rings is 1. The fraction of sp³-hybridized carbons (Fsp3) is 0.588. The molecule has 115 valence electrons. The van der Waals surface area contributed by atoms with Crippen molar-refractivity contribution in [1.82, 2.24) is 0 Å². The number of rotatable bonds is 5. The maximum absolute atomic E-state index is 5.93. The van der Waals surface area contributed by atoms with Gasteiger partial charge in [-0.05, 0) is 53.2 Å². The van der Waals surface area contributed by atoms with Gasteiger partial charge in [-0.1, -0.05) is 0 Å². The average molecular weight is 289 g/mol. The van der Waals surface area contributed by atoms with Crippen molar-refractivity contribution in [1.29, 1.82) is 0 Å². The molecule has 0 saturated heterocycles. The van der Waals surface area contributed by atoms with Crippen LogP contribution in [0.2, 0.25) is 0 Å². The van der Waals surface area contributed by atoms with Crippen LogP contribution < -0.4 is 14.5 Å². The minimum atomic E-state index is 0.101. The van der Waals surface area contributed by atoms with Crippen molar-refractivity contribution >= 4 is 11.9 Å². The molecule has 1 heterocycles. The molecule has 0 aromatic heterocycles. The van der Waals surface area contributed by atoms with E-state index in [2.05, 4.69) is 31.2 Å². The van der Waals surface area contributed by atoms with Crippen molar-refractivity contribution in [3.63, 3.8) is 0 Å². The van der Waals surface area contributed by atoms with Crippen LogP contribution in [0.3, 0.4) is 0 Å². The van der Waals surface area contributed by atoms with Crippen molar-refractivity contribution in [2.75, 3.05) is 5.01 Å². The fourth-order valence-corrected chi connectivity index (χ4v) is 2.28. The Morgan fingerprint density at radius 2 is 1.57 bits per heavy atom. The maximum atomic E-state index is 5.93. The molecular formula is C17H25N2O2. The van der Waals surface area contributed by atoms with Crippen molar-refractivity contribution in [3.8, 4) is 11.5 Å². The van der Waals surface area contributed by atoms with Gasteiger partial charge in [-0.25, -0.2) is 0 Å². The van der Waals surface area contributed by atoms with Crippen LogP contribution in [0.5, 0.6) is 11.5 Å². The second kappa shape index (κ2) is 6.37. The third kappa shape index (κ3) is 3.69. The topological polar surface area (TPSA) is 34.1 Å². The molecule has 0 saturated carbocycles. The minimum Gasteiger partial charge on any atom is -0.487 e. The van der Waals surface area contributed by atoms with Gasteiger partial charge in [-0.2, -0.15) is 5.10 Å². The van der Waals surface area contributed by atoms with E-state index >= 15 is 0 Å². The summed E-state index contributed by atoms with van der Waals surface area (Å²) in [5.41, 5.74) is 2.25. The Morgan fingerprint density at radius 1 is 1.00 bits per heavy atom. The number of nitrogens with zero attached hydrogens (tertiary/aromatic N) is 2. The SMILES string of the molecule is CC(C)Oc1cc2c(cc1OC(C)C)N(C(C)C)N=[C]C2. The van der Waals surface area contributed by atoms with Gasteiger partial charge >= 0.3 is 0 Å². The zero-order valence-electron chi connectivity index (χ0n) is 13.8. The number of hydrogen-bond donors (Lipinski definition) is 0. The van der Waals surface area contributed by atoms with E-state index in [0.29, 0.717) is 6.42 Å². The van der Waals surface area contributed by atoms with Gasteiger partial charge in [0.1, 0.15) is 0 Å². The third-order valence-corrected chi connectivity index (χ3v) is 3.05. The smallest absolute Gasteiger partial charge is 0.163 e. The Bertz CT molecular complexity index is 522. The Hall–Kier alpha value is -1.71. The van der Waals surface area contributed by atoms with Gasteiger partial charge < -0.3 is 9.47 Å². The minimum absolute atomic E-state index is 0.101. The van der Waals surface area contributed by atoms with Crippen LogP contribution in [0.1, 0.15) is 47.1 Å². The zero-order valence-corrected chi connectivity index (χ0v) is 13.8. The van der Waals surface area contributed by atoms with Gasteiger partial charge in [0.25, 0.3) is 0 Å². The largest absolute Gasteiger partial charge is 0.487 e. The van der Waals surface area contributed by atoms with Crippen LogP contribution in [0.4, 0.5) is 5.69 Å². The van der Waals surface area contributed by atoms with E-state index in [4.69, 9.17) is 9.47 Å². The lowest BCUT2D eigenvalue weighted by atomic mass is 10.1. The van der Waals surface area contributed by atoms with E-state index in [1.54, 1.807) is 0 Å². The van der Waals surface area contributed by atoms with Crippen molar-refractivity contribution in [2.24, 2.45) is 5.10 Å². The molecule has 0 N–H and O–H groups in total. The normalized spacial score (nSPS) is 14.0. The highest BCUT2D eigenvalue weighted by molar-refractivity contribution is 5.75. The standard InChI is InChI=1S/C17H25N2O2/c1-11(2)19-15-10-17(21-13(5)6)16(20-12(3)4)9-14(15)7-8-18-19/h9-13H,7H2,1-6H3. The summed E-state index contributed by atoms with van der Waals surface area (Å²) >= 11 is 0. The highest BCUT2D eigenvalue weighted by Crippen LogP contribution is 2.38. The Balaban J connectivity index is 2.45. The average Bonchev–Trinajstić information content (AvgIpc) is 2.37. The van der Waals surface area contributed by atoms with E-state index in [0.717, 1.165) is 17.2 Å². The van der Waals surface area contributed by atoms with Crippen LogP contribution in [0.25, 0.3) is 0 Å². The molecule has 1 aromatic carbocycles. The molecule has 0 fully saturated rings. The number of anilines is 1. The lowest BCUT2D eigenvalue weighted by Crippen LogP contribution is -2.28. The molecule has 21 heavy (non-hydrogen) atoms. The fourth-order valence-electron chi connectivity index (χ4n) is 2.28. The van der Waals surface area contributed by atoms with Crippen molar-refractivity contribution < 1.29 is 9.47 Å². The van der Waals surface area contributed by atoms with E-state index in [1.165, 1.54) is 5.56 Å². The number of fused-ring (bicyclic) bond motifs is 1. The molecule has 0 unspecified atom stereocenters. The van der Waals surface area contributed by atoms with Gasteiger partial charge in [0.2, 0.25) is 0 Å². The molecule has 2 rings (SSSR count). The summed E-state index contributed by atoms with van der Waals surface area (Å²) in [6, 6.07) is 4.38. The lowest BCUT2D eigenvalue weighted by molar-refractivity contribution is 0.198. The molecule has 0 spiro atoms. The van der Waals surface area contributed by atoms with Crippen molar-refractivity contribution in [3.05, 3.63) is 17.7 Å². The maximum Gasteiger partial charge on any atom is 0.163 e. The van der Waals surface area contributed by atoms with Crippen LogP contribution in [-0.4, -0.2) is 24.5 Å². The highest BCUT2D eigenvalue weighted by Gasteiger charge is 2.22. The monoisotopic (exact) mass is 289 g/mol. The summed E-state index contributed by atoms with van der Waals surface area (Å²) in [7, 11) is 0. The Kier molecular flexibility index (Phi) is 4.76. The quantitative estimate of drug-likeness (QED) is 0.824. The van der Waals surface area contributed by atoms with Crippen molar-refractivity contribution in [2.45, 2.75) is 66.2 Å². The summed E-state index contributed by atoms with van der Waals surface area (Å²) < 4.78 is 11.8. The van der Waals surface area contributed by atoms with Gasteiger partial charge in [0.05, 0.1) is 24.1 Å². The first-order chi connectivity index (χ1) is 9.88. The first kappa shape index (κ1) is 15.7. The molecule has 0 atom stereocenters. The molecule has 1 radical (unpaired) electrons. The van der Waals surface area contributed by atoms with E-state index in [-0.39, 0.29) is 18.2 Å². The predicted octanol–water partition coefficient (Wildman–Crippen LogP) is 3.89. The molecule has 0 bridgehead atoms. The molecule has 1 aromatic rings. The molecule has 1 aliphatic heterocycles. The highest BCUT2D eigenvalue weighted by atomic mass is 16.5. The summed E-state index contributed by atoms with van der Waals surface area (Å²) in [5.74, 6) is 1.57. The first-order valence-corrected chi connectivity index (χ1v) is 7.61. The Morgan fingerprint density at radius 3 is 2.10 bits per heavy atom. The summed E-state index contributed by atoms with van der Waals surface area (Å²) in [6.07, 6.45) is 3.98. The second-order valence-corrected chi connectivity index (χ2v) is 6.13.